The molecule has 1 aliphatic heterocycles. The second-order valence-corrected chi connectivity index (χ2v) is 5.00. The normalized spacial score (nSPS) is 23.2. The summed E-state index contributed by atoms with van der Waals surface area (Å²) < 4.78 is 1.70. The summed E-state index contributed by atoms with van der Waals surface area (Å²) in [6.45, 7) is 2.75. The second kappa shape index (κ2) is 3.92. The minimum Gasteiger partial charge on any atom is -0.480 e. The molecule has 3 heterocycles. The molecule has 3 rings (SSSR count). The van der Waals surface area contributed by atoms with Gasteiger partial charge < -0.3 is 15.7 Å². The SMILES string of the molecule is Cc1cccn2nc(N3CCC(N)(C(=O)O)C3)nc12. The van der Waals surface area contributed by atoms with Gasteiger partial charge in [-0.1, -0.05) is 6.07 Å². The van der Waals surface area contributed by atoms with Crippen molar-refractivity contribution in [2.75, 3.05) is 18.0 Å². The number of rotatable bonds is 2. The monoisotopic (exact) mass is 261 g/mol. The number of fused-ring (bicyclic) bond motifs is 1. The Hall–Kier alpha value is -2.15. The average Bonchev–Trinajstić information content (AvgIpc) is 2.94. The summed E-state index contributed by atoms with van der Waals surface area (Å²) in [7, 11) is 0. The molecule has 1 unspecified atom stereocenters. The van der Waals surface area contributed by atoms with E-state index in [2.05, 4.69) is 10.1 Å². The molecule has 19 heavy (non-hydrogen) atoms. The van der Waals surface area contributed by atoms with Gasteiger partial charge in [0, 0.05) is 19.3 Å². The number of hydrogen-bond donors (Lipinski definition) is 2. The molecule has 2 aromatic rings. The van der Waals surface area contributed by atoms with Gasteiger partial charge in [0.2, 0.25) is 5.95 Å². The fourth-order valence-corrected chi connectivity index (χ4v) is 2.34. The number of hydrogen-bond acceptors (Lipinski definition) is 5. The van der Waals surface area contributed by atoms with Crippen molar-refractivity contribution in [1.82, 2.24) is 14.6 Å². The molecule has 1 fully saturated rings. The maximum absolute atomic E-state index is 11.1. The van der Waals surface area contributed by atoms with Gasteiger partial charge in [-0.25, -0.2) is 4.52 Å². The molecular formula is C12H15N5O2. The number of aliphatic carboxylic acids is 1. The van der Waals surface area contributed by atoms with E-state index in [0.29, 0.717) is 18.9 Å². The van der Waals surface area contributed by atoms with Crippen LogP contribution in [0.5, 0.6) is 0 Å². The standard InChI is InChI=1S/C12H15N5O2/c1-8-3-2-5-17-9(8)14-11(15-17)16-6-4-12(13,7-16)10(18)19/h2-3,5H,4,6-7,13H2,1H3,(H,18,19). The number of carboxylic acids is 1. The minimum atomic E-state index is -1.20. The maximum atomic E-state index is 11.1. The lowest BCUT2D eigenvalue weighted by molar-refractivity contribution is -0.142. The summed E-state index contributed by atoms with van der Waals surface area (Å²) >= 11 is 0. The topological polar surface area (TPSA) is 96.8 Å². The van der Waals surface area contributed by atoms with E-state index in [1.54, 1.807) is 4.52 Å². The third-order valence-corrected chi connectivity index (χ3v) is 3.56. The van der Waals surface area contributed by atoms with Crippen LogP contribution < -0.4 is 10.6 Å². The Morgan fingerprint density at radius 1 is 1.58 bits per heavy atom. The molecule has 0 spiro atoms. The van der Waals surface area contributed by atoms with Crippen molar-refractivity contribution >= 4 is 17.6 Å². The Balaban J connectivity index is 1.94. The van der Waals surface area contributed by atoms with Crippen molar-refractivity contribution in [3.63, 3.8) is 0 Å². The number of aromatic nitrogens is 3. The lowest BCUT2D eigenvalue weighted by atomic mass is 10.0. The number of aryl methyl sites for hydroxylation is 1. The van der Waals surface area contributed by atoms with Crippen LogP contribution in [-0.2, 0) is 4.79 Å². The number of nitrogens with two attached hydrogens (primary N) is 1. The summed E-state index contributed by atoms with van der Waals surface area (Å²) in [5.41, 5.74) is 6.45. The molecule has 0 saturated carbocycles. The van der Waals surface area contributed by atoms with Crippen molar-refractivity contribution < 1.29 is 9.90 Å². The zero-order valence-corrected chi connectivity index (χ0v) is 10.6. The minimum absolute atomic E-state index is 0.234. The fraction of sp³-hybridized carbons (Fsp3) is 0.417. The highest BCUT2D eigenvalue weighted by Crippen LogP contribution is 2.23. The molecule has 3 N–H and O–H groups in total. The van der Waals surface area contributed by atoms with Gasteiger partial charge in [-0.3, -0.25) is 4.79 Å². The van der Waals surface area contributed by atoms with E-state index in [1.165, 1.54) is 0 Å². The van der Waals surface area contributed by atoms with Crippen LogP contribution in [0.15, 0.2) is 18.3 Å². The van der Waals surface area contributed by atoms with Crippen molar-refractivity contribution in [1.29, 1.82) is 0 Å². The Morgan fingerprint density at radius 2 is 2.37 bits per heavy atom. The molecule has 0 aromatic carbocycles. The largest absolute Gasteiger partial charge is 0.480 e. The van der Waals surface area contributed by atoms with Crippen LogP contribution in [0.2, 0.25) is 0 Å². The Bertz CT molecular complexity index is 653. The van der Waals surface area contributed by atoms with E-state index >= 15 is 0 Å². The summed E-state index contributed by atoms with van der Waals surface area (Å²) in [5.74, 6) is -0.446. The zero-order valence-electron chi connectivity index (χ0n) is 10.6. The van der Waals surface area contributed by atoms with Gasteiger partial charge in [0.15, 0.2) is 5.65 Å². The summed E-state index contributed by atoms with van der Waals surface area (Å²) in [5, 5.41) is 13.5. The zero-order chi connectivity index (χ0) is 13.6. The van der Waals surface area contributed by atoms with Crippen molar-refractivity contribution in [2.24, 2.45) is 5.73 Å². The van der Waals surface area contributed by atoms with Crippen LogP contribution in [0.1, 0.15) is 12.0 Å². The van der Waals surface area contributed by atoms with Gasteiger partial charge in [-0.15, -0.1) is 5.10 Å². The van der Waals surface area contributed by atoms with E-state index in [9.17, 15) is 4.79 Å². The predicted octanol–water partition coefficient (Wildman–Crippen LogP) is 0.0299. The van der Waals surface area contributed by atoms with Crippen LogP contribution in [0.3, 0.4) is 0 Å². The van der Waals surface area contributed by atoms with Crippen LogP contribution in [0.25, 0.3) is 5.65 Å². The van der Waals surface area contributed by atoms with E-state index in [1.807, 2.05) is 30.2 Å². The van der Waals surface area contributed by atoms with Gasteiger partial charge in [0.1, 0.15) is 5.54 Å². The van der Waals surface area contributed by atoms with E-state index in [4.69, 9.17) is 10.8 Å². The molecule has 1 aliphatic rings. The molecular weight excluding hydrogens is 246 g/mol. The van der Waals surface area contributed by atoms with Crippen LogP contribution in [0, 0.1) is 6.92 Å². The molecule has 0 bridgehead atoms. The molecule has 0 amide bonds. The van der Waals surface area contributed by atoms with E-state index < -0.39 is 11.5 Å². The number of carboxylic acid groups (broad SMARTS) is 1. The third kappa shape index (κ3) is 1.82. The van der Waals surface area contributed by atoms with Crippen LogP contribution >= 0.6 is 0 Å². The van der Waals surface area contributed by atoms with Gasteiger partial charge in [0.25, 0.3) is 0 Å². The first kappa shape index (κ1) is 11.9. The lowest BCUT2D eigenvalue weighted by Gasteiger charge is -2.18. The summed E-state index contributed by atoms with van der Waals surface area (Å²) in [4.78, 5) is 17.4. The molecule has 1 atom stereocenters. The molecule has 7 heteroatoms. The van der Waals surface area contributed by atoms with Gasteiger partial charge in [-0.05, 0) is 25.0 Å². The Labute approximate surface area is 109 Å². The lowest BCUT2D eigenvalue weighted by Crippen LogP contribution is -2.50. The number of anilines is 1. The third-order valence-electron chi connectivity index (χ3n) is 3.56. The summed E-state index contributed by atoms with van der Waals surface area (Å²) in [6, 6.07) is 3.86. The van der Waals surface area contributed by atoms with Crippen LogP contribution in [-0.4, -0.2) is 44.3 Å². The van der Waals surface area contributed by atoms with Crippen molar-refractivity contribution in [2.45, 2.75) is 18.9 Å². The van der Waals surface area contributed by atoms with E-state index in [0.717, 1.165) is 11.2 Å². The van der Waals surface area contributed by atoms with Gasteiger partial charge in [-0.2, -0.15) is 4.98 Å². The Morgan fingerprint density at radius 3 is 3.00 bits per heavy atom. The quantitative estimate of drug-likeness (QED) is 0.791. The smallest absolute Gasteiger partial charge is 0.325 e. The number of nitrogens with zero attached hydrogens (tertiary/aromatic N) is 4. The second-order valence-electron chi connectivity index (χ2n) is 5.00. The molecule has 7 nitrogen and oxygen atoms in total. The highest BCUT2D eigenvalue weighted by Gasteiger charge is 2.42. The fourth-order valence-electron chi connectivity index (χ4n) is 2.34. The van der Waals surface area contributed by atoms with Crippen molar-refractivity contribution in [3.8, 4) is 0 Å². The number of carbonyl (C=O) groups is 1. The molecule has 0 aliphatic carbocycles. The maximum Gasteiger partial charge on any atom is 0.325 e. The van der Waals surface area contributed by atoms with Crippen molar-refractivity contribution in [3.05, 3.63) is 23.9 Å². The van der Waals surface area contributed by atoms with Gasteiger partial charge in [0.05, 0.1) is 0 Å². The average molecular weight is 261 g/mol. The first-order valence-corrected chi connectivity index (χ1v) is 6.09. The Kier molecular flexibility index (Phi) is 2.46. The molecule has 2 aromatic heterocycles. The molecule has 1 saturated heterocycles. The predicted molar refractivity (Wildman–Crippen MR) is 69.1 cm³/mol. The number of pyridine rings is 1. The molecule has 100 valence electrons. The first-order chi connectivity index (χ1) is 8.99. The highest BCUT2D eigenvalue weighted by atomic mass is 16.4. The van der Waals surface area contributed by atoms with Crippen LogP contribution in [0.4, 0.5) is 5.95 Å². The first-order valence-electron chi connectivity index (χ1n) is 6.09. The highest BCUT2D eigenvalue weighted by molar-refractivity contribution is 5.80. The molecule has 0 radical (unpaired) electrons. The summed E-state index contributed by atoms with van der Waals surface area (Å²) in [6.07, 6.45) is 2.22. The van der Waals surface area contributed by atoms with E-state index in [-0.39, 0.29) is 6.54 Å². The van der Waals surface area contributed by atoms with Gasteiger partial charge >= 0.3 is 5.97 Å².